The summed E-state index contributed by atoms with van der Waals surface area (Å²) in [5, 5.41) is 13.4. The minimum absolute atomic E-state index is 0.595. The topological polar surface area (TPSA) is 121 Å². The summed E-state index contributed by atoms with van der Waals surface area (Å²) in [6.07, 6.45) is 5.28. The summed E-state index contributed by atoms with van der Waals surface area (Å²) in [6, 6.07) is 16.9. The molecule has 27 heavy (non-hydrogen) atoms. The number of aromatic nitrogens is 3. The Labute approximate surface area is 155 Å². The summed E-state index contributed by atoms with van der Waals surface area (Å²) < 4.78 is 1.92. The van der Waals surface area contributed by atoms with Crippen LogP contribution in [0.3, 0.4) is 0 Å². The average molecular weight is 356 g/mol. The number of nitrogens with zero attached hydrogens (tertiary/aromatic N) is 5. The molecule has 0 radical (unpaired) electrons. The summed E-state index contributed by atoms with van der Waals surface area (Å²) >= 11 is 0. The van der Waals surface area contributed by atoms with Gasteiger partial charge in [-0.1, -0.05) is 18.2 Å². The monoisotopic (exact) mass is 356 g/mol. The Morgan fingerprint density at radius 2 is 1.93 bits per heavy atom. The molecule has 0 aliphatic carbocycles. The molecule has 0 amide bonds. The third-order valence-corrected chi connectivity index (χ3v) is 4.12. The molecule has 4 aromatic rings. The van der Waals surface area contributed by atoms with Crippen molar-refractivity contribution in [2.45, 2.75) is 0 Å². The van der Waals surface area contributed by atoms with Crippen LogP contribution >= 0.6 is 0 Å². The number of hydrogen-bond donors (Lipinski definition) is 3. The fraction of sp³-hybridized carbons (Fsp3) is 0. The number of fused-ring (bicyclic) bond motifs is 1. The lowest BCUT2D eigenvalue weighted by atomic mass is 10.1. The number of rotatable bonds is 4. The van der Waals surface area contributed by atoms with E-state index in [0.29, 0.717) is 22.7 Å². The molecule has 8 heteroatoms. The number of hydrogen-bond acceptors (Lipinski definition) is 7. The number of nitrogens with one attached hydrogen (secondary N) is 1. The normalized spacial score (nSPS) is 10.6. The first kappa shape index (κ1) is 16.5. The van der Waals surface area contributed by atoms with Crippen LogP contribution in [-0.4, -0.2) is 14.4 Å². The van der Waals surface area contributed by atoms with Gasteiger partial charge < -0.3 is 5.32 Å². The largest absolute Gasteiger partial charge is 0.337 e. The third kappa shape index (κ3) is 3.16. The lowest BCUT2D eigenvalue weighted by molar-refractivity contribution is 0.925. The SMILES string of the molecule is N#Cc1cccc(-c2cnc3c(Nc4cccc(N(N)N)c4)nccn23)c1. The average Bonchev–Trinajstić information content (AvgIpc) is 3.13. The zero-order valence-corrected chi connectivity index (χ0v) is 14.2. The van der Waals surface area contributed by atoms with Gasteiger partial charge in [0, 0.05) is 23.6 Å². The number of hydrazine groups is 2. The first-order chi connectivity index (χ1) is 13.2. The maximum absolute atomic E-state index is 9.13. The Balaban J connectivity index is 1.75. The first-order valence-corrected chi connectivity index (χ1v) is 8.15. The van der Waals surface area contributed by atoms with E-state index in [9.17, 15) is 0 Å². The molecule has 0 aliphatic heterocycles. The van der Waals surface area contributed by atoms with Crippen LogP contribution in [0.4, 0.5) is 17.2 Å². The van der Waals surface area contributed by atoms with Crippen molar-refractivity contribution >= 4 is 22.8 Å². The van der Waals surface area contributed by atoms with E-state index >= 15 is 0 Å². The predicted octanol–water partition coefficient (Wildman–Crippen LogP) is 2.57. The molecular formula is C19H16N8. The van der Waals surface area contributed by atoms with Crippen molar-refractivity contribution in [1.82, 2.24) is 14.4 Å². The van der Waals surface area contributed by atoms with E-state index in [1.165, 1.54) is 0 Å². The van der Waals surface area contributed by atoms with Gasteiger partial charge >= 0.3 is 0 Å². The van der Waals surface area contributed by atoms with Gasteiger partial charge in [-0.05, 0) is 30.3 Å². The number of imidazole rings is 1. The summed E-state index contributed by atoms with van der Waals surface area (Å²) in [6.45, 7) is 0. The van der Waals surface area contributed by atoms with Crippen LogP contribution < -0.4 is 22.1 Å². The van der Waals surface area contributed by atoms with Crippen LogP contribution in [0, 0.1) is 11.3 Å². The van der Waals surface area contributed by atoms with Gasteiger partial charge in [0.2, 0.25) is 0 Å². The van der Waals surface area contributed by atoms with Gasteiger partial charge in [-0.15, -0.1) is 0 Å². The molecule has 0 fully saturated rings. The molecule has 132 valence electrons. The highest BCUT2D eigenvalue weighted by molar-refractivity contribution is 5.75. The van der Waals surface area contributed by atoms with Crippen molar-refractivity contribution < 1.29 is 0 Å². The molecule has 0 saturated heterocycles. The van der Waals surface area contributed by atoms with Gasteiger partial charge in [-0.2, -0.15) is 5.26 Å². The van der Waals surface area contributed by atoms with Gasteiger partial charge in [0.25, 0.3) is 0 Å². The fourth-order valence-corrected chi connectivity index (χ4v) is 2.85. The molecule has 0 bridgehead atoms. The van der Waals surface area contributed by atoms with Crippen molar-refractivity contribution in [1.29, 1.82) is 5.26 Å². The van der Waals surface area contributed by atoms with E-state index in [2.05, 4.69) is 21.4 Å². The molecule has 2 heterocycles. The lowest BCUT2D eigenvalue weighted by Gasteiger charge is -2.13. The second kappa shape index (κ2) is 6.76. The second-order valence-corrected chi connectivity index (χ2v) is 5.89. The van der Waals surface area contributed by atoms with Gasteiger partial charge in [0.1, 0.15) is 0 Å². The minimum Gasteiger partial charge on any atom is -0.337 e. The van der Waals surface area contributed by atoms with Crippen molar-refractivity contribution in [2.24, 2.45) is 11.7 Å². The third-order valence-electron chi connectivity index (χ3n) is 4.12. The Bertz CT molecular complexity index is 1160. The molecule has 0 saturated carbocycles. The predicted molar refractivity (Wildman–Crippen MR) is 104 cm³/mol. The lowest BCUT2D eigenvalue weighted by Crippen LogP contribution is -2.37. The molecule has 0 aliphatic rings. The summed E-state index contributed by atoms with van der Waals surface area (Å²) in [4.78, 5) is 8.89. The molecule has 0 unspecified atom stereocenters. The molecule has 8 nitrogen and oxygen atoms in total. The van der Waals surface area contributed by atoms with Gasteiger partial charge in [0.05, 0.1) is 29.2 Å². The molecule has 2 aromatic carbocycles. The van der Waals surface area contributed by atoms with Crippen LogP contribution in [0.25, 0.3) is 16.9 Å². The highest BCUT2D eigenvalue weighted by atomic mass is 15.6. The van der Waals surface area contributed by atoms with E-state index in [1.807, 2.05) is 47.0 Å². The van der Waals surface area contributed by atoms with Gasteiger partial charge in [-0.25, -0.2) is 26.8 Å². The standard InChI is InChI=1S/C19H16N8/c20-11-13-3-1-4-14(9-13)17-12-24-19-18(23-7-8-26(17)19)25-15-5-2-6-16(10-15)27(21)22/h1-10,12H,21-22H2,(H,23,25). The zero-order chi connectivity index (χ0) is 18.8. The van der Waals surface area contributed by atoms with Crippen molar-refractivity contribution in [2.75, 3.05) is 10.4 Å². The quantitative estimate of drug-likeness (QED) is 0.379. The molecule has 0 atom stereocenters. The Morgan fingerprint density at radius 1 is 1.07 bits per heavy atom. The molecule has 0 spiro atoms. The Kier molecular flexibility index (Phi) is 4.14. The summed E-state index contributed by atoms with van der Waals surface area (Å²) in [7, 11) is 0. The highest BCUT2D eigenvalue weighted by Crippen LogP contribution is 2.26. The summed E-state index contributed by atoms with van der Waals surface area (Å²) in [5.74, 6) is 11.8. The van der Waals surface area contributed by atoms with Crippen LogP contribution in [0.5, 0.6) is 0 Å². The number of anilines is 3. The fourth-order valence-electron chi connectivity index (χ4n) is 2.85. The molecule has 5 N–H and O–H groups in total. The number of nitrogens with two attached hydrogens (primary N) is 2. The van der Waals surface area contributed by atoms with Crippen molar-refractivity contribution in [3.05, 3.63) is 72.7 Å². The van der Waals surface area contributed by atoms with E-state index in [1.54, 1.807) is 24.5 Å². The molecule has 4 rings (SSSR count). The van der Waals surface area contributed by atoms with Crippen LogP contribution in [-0.2, 0) is 0 Å². The van der Waals surface area contributed by atoms with Gasteiger partial charge in [0.15, 0.2) is 11.5 Å². The molecular weight excluding hydrogens is 340 g/mol. The summed E-state index contributed by atoms with van der Waals surface area (Å²) in [5.41, 5.74) is 4.48. The Morgan fingerprint density at radius 3 is 2.74 bits per heavy atom. The Hall–Kier alpha value is -3.93. The van der Waals surface area contributed by atoms with Crippen LogP contribution in [0.15, 0.2) is 67.1 Å². The number of benzene rings is 2. The smallest absolute Gasteiger partial charge is 0.180 e. The van der Waals surface area contributed by atoms with Crippen LogP contribution in [0.1, 0.15) is 5.56 Å². The van der Waals surface area contributed by atoms with Crippen LogP contribution in [0.2, 0.25) is 0 Å². The van der Waals surface area contributed by atoms with E-state index in [4.69, 9.17) is 16.9 Å². The zero-order valence-electron chi connectivity index (χ0n) is 14.2. The second-order valence-electron chi connectivity index (χ2n) is 5.89. The van der Waals surface area contributed by atoms with Crippen molar-refractivity contribution in [3.63, 3.8) is 0 Å². The van der Waals surface area contributed by atoms with E-state index < -0.39 is 0 Å². The number of nitriles is 1. The highest BCUT2D eigenvalue weighted by Gasteiger charge is 2.11. The minimum atomic E-state index is 0.595. The van der Waals surface area contributed by atoms with Crippen molar-refractivity contribution in [3.8, 4) is 17.3 Å². The maximum Gasteiger partial charge on any atom is 0.180 e. The first-order valence-electron chi connectivity index (χ1n) is 8.15. The maximum atomic E-state index is 9.13. The van der Waals surface area contributed by atoms with E-state index in [0.717, 1.165) is 22.1 Å². The van der Waals surface area contributed by atoms with E-state index in [-0.39, 0.29) is 0 Å². The molecule has 2 aromatic heterocycles. The van der Waals surface area contributed by atoms with Gasteiger partial charge in [-0.3, -0.25) is 4.40 Å².